The van der Waals surface area contributed by atoms with E-state index in [1.165, 1.54) is 0 Å². The average Bonchev–Trinajstić information content (AvgIpc) is 3.74. The second-order valence-electron chi connectivity index (χ2n) is 16.0. The zero-order valence-electron chi connectivity index (χ0n) is 32.3. The average molecular weight is 765 g/mol. The van der Waals surface area contributed by atoms with Crippen molar-refractivity contribution in [3.05, 3.63) is 78.4 Å². The van der Waals surface area contributed by atoms with Crippen LogP contribution in [0.1, 0.15) is 64.9 Å². The summed E-state index contributed by atoms with van der Waals surface area (Å²) in [5.74, 6) is 1.03. The maximum atomic E-state index is 13.9. The van der Waals surface area contributed by atoms with E-state index in [0.717, 1.165) is 66.5 Å². The normalized spacial score (nSPS) is 21.8. The molecule has 296 valence electrons. The van der Waals surface area contributed by atoms with Crippen LogP contribution in [-0.4, -0.2) is 82.3 Å². The smallest absolute Gasteiger partial charge is 0.407 e. The van der Waals surface area contributed by atoms with Crippen LogP contribution in [0.15, 0.2) is 72.8 Å². The molecule has 14 heteroatoms. The predicted octanol–water partition coefficient (Wildman–Crippen LogP) is 6.09. The number of epoxide rings is 1. The number of aromatic amines is 1. The highest BCUT2D eigenvalue weighted by atomic mass is 16.6. The first kappa shape index (κ1) is 39.1. The van der Waals surface area contributed by atoms with Gasteiger partial charge in [-0.1, -0.05) is 42.5 Å². The summed E-state index contributed by atoms with van der Waals surface area (Å²) >= 11 is 0. The Morgan fingerprint density at radius 2 is 1.59 bits per heavy atom. The lowest BCUT2D eigenvalue weighted by Gasteiger charge is -2.28. The van der Waals surface area contributed by atoms with Gasteiger partial charge in [-0.05, 0) is 124 Å². The summed E-state index contributed by atoms with van der Waals surface area (Å²) in [6.07, 6.45) is 5.25. The van der Waals surface area contributed by atoms with Gasteiger partial charge in [0.15, 0.2) is 0 Å². The van der Waals surface area contributed by atoms with Crippen molar-refractivity contribution in [3.63, 3.8) is 0 Å². The fourth-order valence-electron chi connectivity index (χ4n) is 7.62. The minimum atomic E-state index is -0.576. The molecule has 5 N–H and O–H groups in total. The van der Waals surface area contributed by atoms with Crippen molar-refractivity contribution in [1.29, 1.82) is 0 Å². The molecule has 2 unspecified atom stereocenters. The number of carbonyl (C=O) groups excluding carboxylic acids is 3. The predicted molar refractivity (Wildman–Crippen MR) is 211 cm³/mol. The Bertz CT molecular complexity index is 1920. The number of para-hydroxylation sites is 1. The Kier molecular flexibility index (Phi) is 12.4. The maximum absolute atomic E-state index is 13.9. The van der Waals surface area contributed by atoms with Gasteiger partial charge in [0.1, 0.15) is 17.9 Å². The summed E-state index contributed by atoms with van der Waals surface area (Å²) in [6, 6.07) is 22.7. The second-order valence-corrected chi connectivity index (χ2v) is 16.0. The summed E-state index contributed by atoms with van der Waals surface area (Å²) in [5, 5.41) is 26.8. The summed E-state index contributed by atoms with van der Waals surface area (Å²) in [7, 11) is 0. The molecule has 2 aliphatic heterocycles. The number of aromatic nitrogens is 4. The van der Waals surface area contributed by atoms with Gasteiger partial charge in [0.25, 0.3) is 0 Å². The summed E-state index contributed by atoms with van der Waals surface area (Å²) < 4.78 is 17.0. The molecular formula is C42H52N8O6. The molecule has 0 radical (unpaired) electrons. The number of ether oxygens (including phenoxy) is 3. The molecule has 0 spiro atoms. The number of anilines is 2. The molecule has 7 rings (SSSR count). The third-order valence-electron chi connectivity index (χ3n) is 10.7. The Balaban J connectivity index is 0.989. The van der Waals surface area contributed by atoms with Crippen LogP contribution in [0.5, 0.6) is 0 Å². The lowest BCUT2D eigenvalue weighted by atomic mass is 9.80. The quantitative estimate of drug-likeness (QED) is 0.0998. The molecule has 3 aromatic carbocycles. The van der Waals surface area contributed by atoms with Crippen LogP contribution in [0, 0.1) is 17.8 Å². The van der Waals surface area contributed by atoms with Crippen molar-refractivity contribution in [2.75, 3.05) is 30.4 Å². The number of nitrogens with zero attached hydrogens (tertiary/aromatic N) is 3. The van der Waals surface area contributed by atoms with E-state index in [2.05, 4.69) is 41.9 Å². The van der Waals surface area contributed by atoms with Gasteiger partial charge in [-0.3, -0.25) is 14.9 Å². The molecule has 1 aromatic heterocycles. The Labute approximate surface area is 327 Å². The fraction of sp³-hybridized carbons (Fsp3) is 0.476. The van der Waals surface area contributed by atoms with Gasteiger partial charge < -0.3 is 30.2 Å². The Morgan fingerprint density at radius 1 is 0.875 bits per heavy atom. The van der Waals surface area contributed by atoms with E-state index < -0.39 is 11.6 Å². The maximum Gasteiger partial charge on any atom is 0.407 e. The number of carbonyl (C=O) groups is 3. The fourth-order valence-corrected chi connectivity index (χ4v) is 7.62. The summed E-state index contributed by atoms with van der Waals surface area (Å²) in [6.45, 7) is 7.39. The number of amides is 3. The standard InChI is InChI=1S/C42H52N8O6/c1-42(2,3)56-41(53)43-25-27-10-14-29(15-11-27)36-40(55-36)46-35(39(52)44-32-18-16-30(17-19-32)37-47-49-50-48-37)24-26-8-12-28(13-9-26)33-6-4-5-7-34(33)45-38(51)31-20-22-54-23-21-31/h4-9,12-13,16-19,27,29,31,35-36,40,46H,10-11,14-15,20-25H2,1-3H3,(H,43,53)(H,44,52)(H,45,51)(H,47,48,49,50)/t27?,29?,35-,36?,40?/m0/s1. The minimum Gasteiger partial charge on any atom is -0.444 e. The van der Waals surface area contributed by atoms with Crippen LogP contribution < -0.4 is 21.3 Å². The monoisotopic (exact) mass is 764 g/mol. The molecule has 3 heterocycles. The first-order valence-electron chi connectivity index (χ1n) is 19.7. The van der Waals surface area contributed by atoms with Gasteiger partial charge >= 0.3 is 6.09 Å². The Morgan fingerprint density at radius 3 is 2.29 bits per heavy atom. The first-order valence-corrected chi connectivity index (χ1v) is 19.7. The third-order valence-corrected chi connectivity index (χ3v) is 10.7. The summed E-state index contributed by atoms with van der Waals surface area (Å²) in [5.41, 5.74) is 4.55. The van der Waals surface area contributed by atoms with E-state index in [0.29, 0.717) is 49.5 Å². The number of tetrazole rings is 1. The number of hydrogen-bond donors (Lipinski definition) is 5. The van der Waals surface area contributed by atoms with Crippen LogP contribution >= 0.6 is 0 Å². The first-order chi connectivity index (χ1) is 27.1. The number of rotatable bonds is 13. The molecule has 1 saturated carbocycles. The molecule has 3 aliphatic rings. The molecule has 3 amide bonds. The molecule has 0 bridgehead atoms. The number of alkyl carbamates (subject to hydrolysis) is 1. The van der Waals surface area contributed by atoms with E-state index in [4.69, 9.17) is 14.2 Å². The van der Waals surface area contributed by atoms with Crippen molar-refractivity contribution in [3.8, 4) is 22.5 Å². The van der Waals surface area contributed by atoms with Crippen molar-refractivity contribution in [1.82, 2.24) is 31.3 Å². The van der Waals surface area contributed by atoms with Crippen molar-refractivity contribution in [2.24, 2.45) is 17.8 Å². The van der Waals surface area contributed by atoms with Crippen molar-refractivity contribution in [2.45, 2.75) is 89.7 Å². The minimum absolute atomic E-state index is 0.0191. The van der Waals surface area contributed by atoms with Crippen LogP contribution in [0.3, 0.4) is 0 Å². The molecule has 1 aliphatic carbocycles. The third kappa shape index (κ3) is 10.6. The van der Waals surface area contributed by atoms with Gasteiger partial charge in [-0.25, -0.2) is 4.79 Å². The van der Waals surface area contributed by atoms with Crippen molar-refractivity contribution < 1.29 is 28.6 Å². The van der Waals surface area contributed by atoms with Crippen LogP contribution in [0.25, 0.3) is 22.5 Å². The molecular weight excluding hydrogens is 713 g/mol. The molecule has 14 nitrogen and oxygen atoms in total. The van der Waals surface area contributed by atoms with Crippen LogP contribution in [-0.2, 0) is 30.2 Å². The Hall–Kier alpha value is -5.18. The van der Waals surface area contributed by atoms with Gasteiger partial charge in [-0.15, -0.1) is 10.2 Å². The van der Waals surface area contributed by atoms with E-state index in [-0.39, 0.29) is 36.2 Å². The van der Waals surface area contributed by atoms with Gasteiger partial charge in [-0.2, -0.15) is 5.21 Å². The van der Waals surface area contributed by atoms with E-state index in [9.17, 15) is 14.4 Å². The van der Waals surface area contributed by atoms with E-state index in [1.54, 1.807) is 0 Å². The van der Waals surface area contributed by atoms with Gasteiger partial charge in [0, 0.05) is 48.2 Å². The SMILES string of the molecule is CC(C)(C)OC(=O)NCC1CCC(C2OC2N[C@@H](Cc2ccc(-c3ccccc3NC(=O)C3CCOCC3)cc2)C(=O)Nc2ccc(-c3nn[nH]n3)cc2)CC1. The molecule has 3 atom stereocenters. The topological polar surface area (TPSA) is 185 Å². The highest BCUT2D eigenvalue weighted by Gasteiger charge is 2.47. The highest BCUT2D eigenvalue weighted by Crippen LogP contribution is 2.39. The van der Waals surface area contributed by atoms with E-state index in [1.807, 2.05) is 93.6 Å². The molecule has 56 heavy (non-hydrogen) atoms. The lowest BCUT2D eigenvalue weighted by molar-refractivity contribution is -0.122. The van der Waals surface area contributed by atoms with Crippen LogP contribution in [0.2, 0.25) is 0 Å². The van der Waals surface area contributed by atoms with Gasteiger partial charge in [0.05, 0.1) is 6.04 Å². The lowest BCUT2D eigenvalue weighted by Crippen LogP contribution is -2.44. The zero-order chi connectivity index (χ0) is 39.1. The van der Waals surface area contributed by atoms with Crippen LogP contribution in [0.4, 0.5) is 16.2 Å². The number of nitrogens with one attached hydrogen (secondary N) is 5. The van der Waals surface area contributed by atoms with E-state index >= 15 is 0 Å². The molecule has 2 saturated heterocycles. The number of hydrogen-bond acceptors (Lipinski definition) is 10. The zero-order valence-corrected chi connectivity index (χ0v) is 32.3. The molecule has 4 aromatic rings. The number of benzene rings is 3. The second kappa shape index (κ2) is 17.7. The summed E-state index contributed by atoms with van der Waals surface area (Å²) in [4.78, 5) is 39.2. The van der Waals surface area contributed by atoms with Gasteiger partial charge in [0.2, 0.25) is 17.6 Å². The highest BCUT2D eigenvalue weighted by molar-refractivity contribution is 5.97. The number of H-pyrrole nitrogens is 1. The van der Waals surface area contributed by atoms with Crippen molar-refractivity contribution >= 4 is 29.3 Å². The largest absolute Gasteiger partial charge is 0.444 e. The molecule has 3 fully saturated rings.